The third kappa shape index (κ3) is 3.86. The van der Waals surface area contributed by atoms with Crippen molar-refractivity contribution in [1.82, 2.24) is 4.90 Å². The molecular formula is C16H25NO. The molecule has 0 spiro atoms. The molecule has 1 fully saturated rings. The molecule has 0 bridgehead atoms. The van der Waals surface area contributed by atoms with Gasteiger partial charge in [0.15, 0.2) is 0 Å². The molecule has 2 nitrogen and oxygen atoms in total. The Morgan fingerprint density at radius 3 is 2.11 bits per heavy atom. The van der Waals surface area contributed by atoms with E-state index in [4.69, 9.17) is 0 Å². The summed E-state index contributed by atoms with van der Waals surface area (Å²) in [5.41, 5.74) is 2.12. The highest BCUT2D eigenvalue weighted by molar-refractivity contribution is 5.94. The second-order valence-corrected chi connectivity index (χ2v) is 4.40. The van der Waals surface area contributed by atoms with Gasteiger partial charge in [0.2, 0.25) is 0 Å². The highest BCUT2D eigenvalue weighted by atomic mass is 16.2. The summed E-state index contributed by atoms with van der Waals surface area (Å²) in [5, 5.41) is 0. The molecule has 0 atom stereocenters. The maximum Gasteiger partial charge on any atom is 0.253 e. The van der Waals surface area contributed by atoms with E-state index in [9.17, 15) is 4.79 Å². The van der Waals surface area contributed by atoms with Crippen LogP contribution in [0.4, 0.5) is 0 Å². The van der Waals surface area contributed by atoms with Crippen molar-refractivity contribution < 1.29 is 4.79 Å². The van der Waals surface area contributed by atoms with Gasteiger partial charge in [-0.05, 0) is 43.4 Å². The SMILES string of the molecule is CC.CCc1ccc(C(=O)N2CCCCC2)cc1. The number of aryl methyl sites for hydroxylation is 1. The van der Waals surface area contributed by atoms with Crippen LogP contribution in [0.1, 0.15) is 56.0 Å². The van der Waals surface area contributed by atoms with Gasteiger partial charge < -0.3 is 4.90 Å². The van der Waals surface area contributed by atoms with Crippen LogP contribution in [0.2, 0.25) is 0 Å². The van der Waals surface area contributed by atoms with Crippen LogP contribution in [0.3, 0.4) is 0 Å². The Morgan fingerprint density at radius 2 is 1.61 bits per heavy atom. The first kappa shape index (κ1) is 14.7. The van der Waals surface area contributed by atoms with Crippen molar-refractivity contribution >= 4 is 5.91 Å². The van der Waals surface area contributed by atoms with Crippen molar-refractivity contribution in [2.24, 2.45) is 0 Å². The van der Waals surface area contributed by atoms with Crippen molar-refractivity contribution in [2.75, 3.05) is 13.1 Å². The number of benzene rings is 1. The van der Waals surface area contributed by atoms with Crippen LogP contribution in [0.5, 0.6) is 0 Å². The fourth-order valence-electron chi connectivity index (χ4n) is 2.16. The van der Waals surface area contributed by atoms with Crippen LogP contribution in [0.15, 0.2) is 24.3 Å². The quantitative estimate of drug-likeness (QED) is 0.776. The van der Waals surface area contributed by atoms with Crippen molar-refractivity contribution in [3.8, 4) is 0 Å². The zero-order valence-electron chi connectivity index (χ0n) is 11.9. The lowest BCUT2D eigenvalue weighted by atomic mass is 10.1. The maximum absolute atomic E-state index is 12.1. The molecule has 1 aromatic rings. The van der Waals surface area contributed by atoms with Crippen molar-refractivity contribution in [2.45, 2.75) is 46.5 Å². The first-order valence-electron chi connectivity index (χ1n) is 7.19. The number of carbonyl (C=O) groups excluding carboxylic acids is 1. The summed E-state index contributed by atoms with van der Waals surface area (Å²) in [5.74, 6) is 0.197. The predicted octanol–water partition coefficient (Wildman–Crippen LogP) is 3.90. The van der Waals surface area contributed by atoms with Gasteiger partial charge in [0.25, 0.3) is 5.91 Å². The van der Waals surface area contributed by atoms with E-state index in [1.165, 1.54) is 12.0 Å². The lowest BCUT2D eigenvalue weighted by Gasteiger charge is -2.26. The molecule has 2 rings (SSSR count). The van der Waals surface area contributed by atoms with Gasteiger partial charge in [-0.2, -0.15) is 0 Å². The van der Waals surface area contributed by atoms with Crippen LogP contribution in [-0.4, -0.2) is 23.9 Å². The number of rotatable bonds is 2. The average Bonchev–Trinajstić information content (AvgIpc) is 2.49. The Morgan fingerprint density at radius 1 is 1.06 bits per heavy atom. The van der Waals surface area contributed by atoms with Crippen LogP contribution in [0.25, 0.3) is 0 Å². The van der Waals surface area contributed by atoms with E-state index >= 15 is 0 Å². The van der Waals surface area contributed by atoms with E-state index in [1.54, 1.807) is 0 Å². The zero-order chi connectivity index (χ0) is 13.4. The molecule has 18 heavy (non-hydrogen) atoms. The van der Waals surface area contributed by atoms with Gasteiger partial charge in [-0.1, -0.05) is 32.9 Å². The number of carbonyl (C=O) groups is 1. The summed E-state index contributed by atoms with van der Waals surface area (Å²) in [4.78, 5) is 14.1. The summed E-state index contributed by atoms with van der Waals surface area (Å²) >= 11 is 0. The Hall–Kier alpha value is -1.31. The topological polar surface area (TPSA) is 20.3 Å². The van der Waals surface area contributed by atoms with Crippen LogP contribution in [-0.2, 0) is 6.42 Å². The normalized spacial score (nSPS) is 14.7. The molecule has 0 aromatic heterocycles. The Balaban J connectivity index is 0.000000771. The molecule has 1 aliphatic heterocycles. The lowest BCUT2D eigenvalue weighted by Crippen LogP contribution is -2.35. The Labute approximate surface area is 111 Å². The molecule has 1 aliphatic rings. The third-order valence-electron chi connectivity index (χ3n) is 3.25. The summed E-state index contributed by atoms with van der Waals surface area (Å²) in [6.07, 6.45) is 4.59. The Kier molecular flexibility index (Phi) is 6.48. The molecule has 1 amide bonds. The summed E-state index contributed by atoms with van der Waals surface area (Å²) in [6.45, 7) is 7.98. The van der Waals surface area contributed by atoms with Gasteiger partial charge in [0.1, 0.15) is 0 Å². The van der Waals surface area contributed by atoms with E-state index < -0.39 is 0 Å². The molecule has 100 valence electrons. The minimum Gasteiger partial charge on any atom is -0.339 e. The average molecular weight is 247 g/mol. The fourth-order valence-corrected chi connectivity index (χ4v) is 2.16. The molecule has 0 radical (unpaired) electrons. The van der Waals surface area contributed by atoms with Gasteiger partial charge in [0.05, 0.1) is 0 Å². The minimum absolute atomic E-state index is 0.197. The number of hydrogen-bond acceptors (Lipinski definition) is 1. The second-order valence-electron chi connectivity index (χ2n) is 4.40. The lowest BCUT2D eigenvalue weighted by molar-refractivity contribution is 0.0724. The minimum atomic E-state index is 0.197. The molecule has 0 saturated carbocycles. The molecule has 1 saturated heterocycles. The van der Waals surface area contributed by atoms with Gasteiger partial charge in [-0.25, -0.2) is 0 Å². The van der Waals surface area contributed by atoms with Gasteiger partial charge in [-0.3, -0.25) is 4.79 Å². The van der Waals surface area contributed by atoms with E-state index in [1.807, 2.05) is 30.9 Å². The highest BCUT2D eigenvalue weighted by Gasteiger charge is 2.17. The summed E-state index contributed by atoms with van der Waals surface area (Å²) in [7, 11) is 0. The summed E-state index contributed by atoms with van der Waals surface area (Å²) in [6, 6.07) is 8.01. The number of hydrogen-bond donors (Lipinski definition) is 0. The zero-order valence-corrected chi connectivity index (χ0v) is 11.9. The van der Waals surface area contributed by atoms with Crippen LogP contribution in [0, 0.1) is 0 Å². The van der Waals surface area contributed by atoms with Crippen LogP contribution < -0.4 is 0 Å². The van der Waals surface area contributed by atoms with E-state index in [2.05, 4.69) is 19.1 Å². The molecule has 0 aliphatic carbocycles. The van der Waals surface area contributed by atoms with Crippen molar-refractivity contribution in [1.29, 1.82) is 0 Å². The highest BCUT2D eigenvalue weighted by Crippen LogP contribution is 2.13. The maximum atomic E-state index is 12.1. The standard InChI is InChI=1S/C14H19NO.C2H6/c1-2-12-6-8-13(9-7-12)14(16)15-10-4-3-5-11-15;1-2/h6-9H,2-5,10-11H2,1H3;1-2H3. The summed E-state index contributed by atoms with van der Waals surface area (Å²) < 4.78 is 0. The molecule has 2 heteroatoms. The van der Waals surface area contributed by atoms with Gasteiger partial charge >= 0.3 is 0 Å². The fraction of sp³-hybridized carbons (Fsp3) is 0.562. The first-order valence-corrected chi connectivity index (χ1v) is 7.19. The number of piperidine rings is 1. The smallest absolute Gasteiger partial charge is 0.253 e. The van der Waals surface area contributed by atoms with Crippen LogP contribution >= 0.6 is 0 Å². The Bertz CT molecular complexity index is 350. The molecule has 0 unspecified atom stereocenters. The number of amides is 1. The second kappa shape index (κ2) is 7.91. The largest absolute Gasteiger partial charge is 0.339 e. The first-order chi connectivity index (χ1) is 8.81. The predicted molar refractivity (Wildman–Crippen MR) is 76.9 cm³/mol. The van der Waals surface area contributed by atoms with Crippen molar-refractivity contribution in [3.63, 3.8) is 0 Å². The van der Waals surface area contributed by atoms with Gasteiger partial charge in [-0.15, -0.1) is 0 Å². The molecule has 0 N–H and O–H groups in total. The number of nitrogens with zero attached hydrogens (tertiary/aromatic N) is 1. The monoisotopic (exact) mass is 247 g/mol. The molecule has 1 heterocycles. The van der Waals surface area contributed by atoms with E-state index in [-0.39, 0.29) is 5.91 Å². The van der Waals surface area contributed by atoms with E-state index in [0.29, 0.717) is 0 Å². The third-order valence-corrected chi connectivity index (χ3v) is 3.25. The van der Waals surface area contributed by atoms with Crippen molar-refractivity contribution in [3.05, 3.63) is 35.4 Å². The van der Waals surface area contributed by atoms with Gasteiger partial charge in [0, 0.05) is 18.7 Å². The molecule has 1 aromatic carbocycles. The number of likely N-dealkylation sites (tertiary alicyclic amines) is 1. The van der Waals surface area contributed by atoms with E-state index in [0.717, 1.165) is 37.9 Å². The molecular weight excluding hydrogens is 222 g/mol.